The Balaban J connectivity index is 2.26. The molecule has 15 heavy (non-hydrogen) atoms. The molecule has 0 radical (unpaired) electrons. The zero-order valence-corrected chi connectivity index (χ0v) is 9.02. The van der Waals surface area contributed by atoms with Gasteiger partial charge in [-0.1, -0.05) is 0 Å². The lowest BCUT2D eigenvalue weighted by Crippen LogP contribution is -2.44. The van der Waals surface area contributed by atoms with Gasteiger partial charge in [0.15, 0.2) is 0 Å². The summed E-state index contributed by atoms with van der Waals surface area (Å²) in [5.74, 6) is 0. The molecule has 0 spiro atoms. The van der Waals surface area contributed by atoms with Crippen molar-refractivity contribution in [3.8, 4) is 0 Å². The first-order valence-electron chi connectivity index (χ1n) is 5.31. The Morgan fingerprint density at radius 3 is 3.27 bits per heavy atom. The van der Waals surface area contributed by atoms with Gasteiger partial charge in [0, 0.05) is 25.3 Å². The van der Waals surface area contributed by atoms with Gasteiger partial charge in [-0.05, 0) is 19.1 Å². The van der Waals surface area contributed by atoms with Crippen molar-refractivity contribution in [1.82, 2.24) is 4.98 Å². The fraction of sp³-hybridized carbons (Fsp3) is 0.545. The van der Waals surface area contributed by atoms with Crippen molar-refractivity contribution in [3.05, 3.63) is 24.0 Å². The van der Waals surface area contributed by atoms with E-state index >= 15 is 0 Å². The third kappa shape index (κ3) is 2.11. The molecule has 2 rings (SSSR count). The van der Waals surface area contributed by atoms with Crippen LogP contribution in [0.15, 0.2) is 18.3 Å². The van der Waals surface area contributed by atoms with Crippen LogP contribution in [0.4, 0.5) is 5.69 Å². The van der Waals surface area contributed by atoms with E-state index in [0.29, 0.717) is 12.6 Å². The highest BCUT2D eigenvalue weighted by atomic mass is 16.5. The van der Waals surface area contributed by atoms with E-state index in [2.05, 4.69) is 22.9 Å². The molecule has 1 aromatic heterocycles. The van der Waals surface area contributed by atoms with Gasteiger partial charge in [0.1, 0.15) is 0 Å². The second-order valence-corrected chi connectivity index (χ2v) is 3.79. The van der Waals surface area contributed by atoms with Crippen LogP contribution in [0.3, 0.4) is 0 Å². The molecule has 4 heteroatoms. The van der Waals surface area contributed by atoms with Crippen molar-refractivity contribution in [2.45, 2.75) is 19.5 Å². The summed E-state index contributed by atoms with van der Waals surface area (Å²) in [4.78, 5) is 6.62. The normalized spacial score (nSPS) is 21.7. The summed E-state index contributed by atoms with van der Waals surface area (Å²) in [5.41, 5.74) is 7.80. The Morgan fingerprint density at radius 1 is 1.67 bits per heavy atom. The second kappa shape index (κ2) is 4.59. The minimum absolute atomic E-state index is 0.397. The molecule has 0 aliphatic carbocycles. The lowest BCUT2D eigenvalue weighted by atomic mass is 10.2. The van der Waals surface area contributed by atoms with E-state index in [-0.39, 0.29) is 0 Å². The lowest BCUT2D eigenvalue weighted by Gasteiger charge is -2.35. The van der Waals surface area contributed by atoms with Crippen molar-refractivity contribution in [2.24, 2.45) is 5.73 Å². The third-order valence-electron chi connectivity index (χ3n) is 2.74. The molecule has 0 bridgehead atoms. The highest BCUT2D eigenvalue weighted by Gasteiger charge is 2.20. The monoisotopic (exact) mass is 207 g/mol. The van der Waals surface area contributed by atoms with E-state index in [9.17, 15) is 0 Å². The van der Waals surface area contributed by atoms with Crippen LogP contribution in [0.2, 0.25) is 0 Å². The quantitative estimate of drug-likeness (QED) is 0.778. The maximum atomic E-state index is 5.68. The molecule has 1 saturated heterocycles. The van der Waals surface area contributed by atoms with Gasteiger partial charge in [-0.15, -0.1) is 0 Å². The van der Waals surface area contributed by atoms with Gasteiger partial charge >= 0.3 is 0 Å². The van der Waals surface area contributed by atoms with Crippen LogP contribution in [0, 0.1) is 0 Å². The molecule has 1 unspecified atom stereocenters. The average molecular weight is 207 g/mol. The Morgan fingerprint density at radius 2 is 2.53 bits per heavy atom. The second-order valence-electron chi connectivity index (χ2n) is 3.79. The minimum Gasteiger partial charge on any atom is -0.377 e. The average Bonchev–Trinajstić information content (AvgIpc) is 2.30. The molecular weight excluding hydrogens is 190 g/mol. The van der Waals surface area contributed by atoms with E-state index in [1.54, 1.807) is 6.20 Å². The number of aromatic nitrogens is 1. The van der Waals surface area contributed by atoms with Gasteiger partial charge in [0.05, 0.1) is 24.6 Å². The van der Waals surface area contributed by atoms with Gasteiger partial charge in [-0.2, -0.15) is 0 Å². The predicted molar refractivity (Wildman–Crippen MR) is 59.8 cm³/mol. The Labute approximate surface area is 90.0 Å². The zero-order chi connectivity index (χ0) is 10.7. The zero-order valence-electron chi connectivity index (χ0n) is 9.02. The van der Waals surface area contributed by atoms with Gasteiger partial charge in [-0.25, -0.2) is 0 Å². The van der Waals surface area contributed by atoms with Crippen LogP contribution in [-0.4, -0.2) is 30.8 Å². The van der Waals surface area contributed by atoms with Gasteiger partial charge < -0.3 is 15.4 Å². The Bertz CT molecular complexity index is 329. The molecule has 1 aliphatic heterocycles. The van der Waals surface area contributed by atoms with E-state index in [0.717, 1.165) is 31.1 Å². The highest BCUT2D eigenvalue weighted by Crippen LogP contribution is 2.22. The summed E-state index contributed by atoms with van der Waals surface area (Å²) < 4.78 is 5.41. The number of morpholine rings is 1. The number of nitrogens with two attached hydrogens (primary N) is 1. The van der Waals surface area contributed by atoms with Gasteiger partial charge in [0.25, 0.3) is 0 Å². The molecular formula is C11H17N3O. The van der Waals surface area contributed by atoms with Crippen LogP contribution in [-0.2, 0) is 11.3 Å². The van der Waals surface area contributed by atoms with E-state index in [4.69, 9.17) is 10.5 Å². The van der Waals surface area contributed by atoms with Gasteiger partial charge in [0.2, 0.25) is 0 Å². The summed E-state index contributed by atoms with van der Waals surface area (Å²) in [6.45, 7) is 5.12. The maximum absolute atomic E-state index is 5.68. The Hall–Kier alpha value is -1.13. The number of hydrogen-bond donors (Lipinski definition) is 1. The van der Waals surface area contributed by atoms with Crippen LogP contribution >= 0.6 is 0 Å². The first-order chi connectivity index (χ1) is 7.33. The number of pyridine rings is 1. The molecule has 4 nitrogen and oxygen atoms in total. The minimum atomic E-state index is 0.397. The predicted octanol–water partition coefficient (Wildman–Crippen LogP) is 0.765. The molecule has 1 fully saturated rings. The van der Waals surface area contributed by atoms with Crippen molar-refractivity contribution in [3.63, 3.8) is 0 Å². The van der Waals surface area contributed by atoms with Crippen LogP contribution in [0.25, 0.3) is 0 Å². The van der Waals surface area contributed by atoms with Crippen molar-refractivity contribution in [1.29, 1.82) is 0 Å². The first kappa shape index (κ1) is 10.4. The maximum Gasteiger partial charge on any atom is 0.0772 e. The van der Waals surface area contributed by atoms with Crippen molar-refractivity contribution < 1.29 is 4.74 Å². The van der Waals surface area contributed by atoms with E-state index in [1.807, 2.05) is 6.07 Å². The third-order valence-corrected chi connectivity index (χ3v) is 2.74. The fourth-order valence-corrected chi connectivity index (χ4v) is 1.93. The number of rotatable bonds is 2. The van der Waals surface area contributed by atoms with Gasteiger partial charge in [-0.3, -0.25) is 4.98 Å². The van der Waals surface area contributed by atoms with E-state index in [1.165, 1.54) is 0 Å². The van der Waals surface area contributed by atoms with E-state index < -0.39 is 0 Å². The standard InChI is InChI=1S/C11H17N3O/c1-9-8-15-6-5-14(9)11-3-2-4-13-10(11)7-12/h2-4,9H,5-8,12H2,1H3. The smallest absolute Gasteiger partial charge is 0.0772 e. The summed E-state index contributed by atoms with van der Waals surface area (Å²) >= 11 is 0. The molecule has 0 aromatic carbocycles. The summed E-state index contributed by atoms with van der Waals surface area (Å²) in [7, 11) is 0. The number of hydrogen-bond acceptors (Lipinski definition) is 4. The largest absolute Gasteiger partial charge is 0.377 e. The van der Waals surface area contributed by atoms with Crippen LogP contribution in [0.5, 0.6) is 0 Å². The van der Waals surface area contributed by atoms with Crippen molar-refractivity contribution in [2.75, 3.05) is 24.7 Å². The first-order valence-corrected chi connectivity index (χ1v) is 5.31. The number of ether oxygens (including phenoxy) is 1. The molecule has 0 amide bonds. The molecule has 0 saturated carbocycles. The lowest BCUT2D eigenvalue weighted by molar-refractivity contribution is 0.0988. The fourth-order valence-electron chi connectivity index (χ4n) is 1.93. The molecule has 2 heterocycles. The summed E-state index contributed by atoms with van der Waals surface area (Å²) in [6, 6.07) is 4.43. The van der Waals surface area contributed by atoms with Crippen LogP contribution in [0.1, 0.15) is 12.6 Å². The number of nitrogens with zero attached hydrogens (tertiary/aromatic N) is 2. The SMILES string of the molecule is CC1COCCN1c1cccnc1CN. The Kier molecular flexibility index (Phi) is 3.18. The molecule has 1 aliphatic rings. The molecule has 1 aromatic rings. The topological polar surface area (TPSA) is 51.4 Å². The van der Waals surface area contributed by atoms with Crippen LogP contribution < -0.4 is 10.6 Å². The summed E-state index contributed by atoms with van der Waals surface area (Å²) in [5, 5.41) is 0. The molecule has 2 N–H and O–H groups in total. The molecule has 1 atom stereocenters. The number of anilines is 1. The highest BCUT2D eigenvalue weighted by molar-refractivity contribution is 5.51. The molecule has 82 valence electrons. The summed E-state index contributed by atoms with van der Waals surface area (Å²) in [6.07, 6.45) is 1.79. The van der Waals surface area contributed by atoms with Crippen molar-refractivity contribution >= 4 is 5.69 Å².